The predicted molar refractivity (Wildman–Crippen MR) is 70.8 cm³/mol. The molecular weight excluding hydrogens is 234 g/mol. The van der Waals surface area contributed by atoms with Crippen molar-refractivity contribution in [1.29, 1.82) is 0 Å². The van der Waals surface area contributed by atoms with Crippen molar-refractivity contribution in [1.82, 2.24) is 5.32 Å². The highest BCUT2D eigenvalue weighted by Crippen LogP contribution is 2.40. The van der Waals surface area contributed by atoms with E-state index in [1.807, 2.05) is 6.92 Å². The van der Waals surface area contributed by atoms with Crippen LogP contribution < -0.4 is 5.32 Å². The molecule has 2 fully saturated rings. The summed E-state index contributed by atoms with van der Waals surface area (Å²) in [7, 11) is -2.86. The van der Waals surface area contributed by atoms with Gasteiger partial charge in [-0.05, 0) is 44.4 Å². The Bertz CT molecular complexity index is 330. The van der Waals surface area contributed by atoms with E-state index in [0.29, 0.717) is 6.04 Å². The average Bonchev–Trinajstić information content (AvgIpc) is 1.91. The highest BCUT2D eigenvalue weighted by Gasteiger charge is 2.36. The fourth-order valence-electron chi connectivity index (χ4n) is 3.09. The first kappa shape index (κ1) is 13.3. The lowest BCUT2D eigenvalue weighted by atomic mass is 9.68. The Morgan fingerprint density at radius 2 is 1.59 bits per heavy atom. The van der Waals surface area contributed by atoms with Crippen molar-refractivity contribution >= 4 is 9.84 Å². The van der Waals surface area contributed by atoms with E-state index in [1.54, 1.807) is 0 Å². The Hall–Kier alpha value is -0.0900. The monoisotopic (exact) mass is 259 g/mol. The fraction of sp³-hybridized carbons (Fsp3) is 1.00. The zero-order valence-electron chi connectivity index (χ0n) is 11.0. The van der Waals surface area contributed by atoms with Gasteiger partial charge in [0.15, 0.2) is 0 Å². The third kappa shape index (κ3) is 3.68. The second kappa shape index (κ2) is 5.27. The molecule has 0 amide bonds. The Kier molecular flexibility index (Phi) is 4.14. The van der Waals surface area contributed by atoms with E-state index in [-0.39, 0.29) is 11.8 Å². The minimum atomic E-state index is -2.86. The summed E-state index contributed by atoms with van der Waals surface area (Å²) < 4.78 is 22.6. The van der Waals surface area contributed by atoms with Crippen LogP contribution in [0, 0.1) is 11.8 Å². The lowest BCUT2D eigenvalue weighted by molar-refractivity contribution is 0.117. The molecule has 2 rings (SSSR count). The van der Waals surface area contributed by atoms with Gasteiger partial charge in [-0.15, -0.1) is 0 Å². The van der Waals surface area contributed by atoms with Crippen molar-refractivity contribution < 1.29 is 8.42 Å². The van der Waals surface area contributed by atoms with Crippen LogP contribution in [0.3, 0.4) is 0 Å². The van der Waals surface area contributed by atoms with Crippen molar-refractivity contribution in [2.45, 2.75) is 57.5 Å². The van der Waals surface area contributed by atoms with E-state index in [9.17, 15) is 8.42 Å². The Labute approximate surface area is 105 Å². The van der Waals surface area contributed by atoms with Gasteiger partial charge >= 0.3 is 0 Å². The first-order valence-electron chi connectivity index (χ1n) is 6.89. The van der Waals surface area contributed by atoms with Crippen LogP contribution in [-0.4, -0.2) is 32.5 Å². The highest BCUT2D eigenvalue weighted by molar-refractivity contribution is 7.90. The molecule has 2 saturated carbocycles. The quantitative estimate of drug-likeness (QED) is 0.793. The molecule has 0 aliphatic heterocycles. The number of hydrogen-bond donors (Lipinski definition) is 1. The molecule has 100 valence electrons. The lowest BCUT2D eigenvalue weighted by Gasteiger charge is -2.44. The average molecular weight is 259 g/mol. The second-order valence-corrected chi connectivity index (χ2v) is 8.25. The molecule has 0 bridgehead atoms. The second-order valence-electron chi connectivity index (χ2n) is 6.07. The predicted octanol–water partition coefficient (Wildman–Crippen LogP) is 1.98. The molecule has 17 heavy (non-hydrogen) atoms. The largest absolute Gasteiger partial charge is 0.310 e. The molecule has 3 nitrogen and oxygen atoms in total. The fourth-order valence-corrected chi connectivity index (χ4v) is 4.09. The van der Waals surface area contributed by atoms with Gasteiger partial charge < -0.3 is 5.32 Å². The van der Waals surface area contributed by atoms with Crippen LogP contribution in [0.15, 0.2) is 0 Å². The van der Waals surface area contributed by atoms with Gasteiger partial charge in [0.2, 0.25) is 0 Å². The molecule has 0 saturated heterocycles. The van der Waals surface area contributed by atoms with E-state index in [4.69, 9.17) is 0 Å². The van der Waals surface area contributed by atoms with Crippen molar-refractivity contribution in [2.24, 2.45) is 11.8 Å². The minimum absolute atomic E-state index is 0.0937. The molecule has 0 radical (unpaired) electrons. The summed E-state index contributed by atoms with van der Waals surface area (Å²) in [6.07, 6.45) is 9.37. The summed E-state index contributed by atoms with van der Waals surface area (Å²) in [5.41, 5.74) is 0. The molecule has 1 atom stereocenters. The lowest BCUT2D eigenvalue weighted by Crippen LogP contribution is -2.51. The van der Waals surface area contributed by atoms with Gasteiger partial charge in [-0.2, -0.15) is 0 Å². The van der Waals surface area contributed by atoms with E-state index in [0.717, 1.165) is 11.8 Å². The summed E-state index contributed by atoms with van der Waals surface area (Å²) in [5.74, 6) is 1.88. The van der Waals surface area contributed by atoms with E-state index < -0.39 is 9.84 Å². The molecule has 0 spiro atoms. The smallest absolute Gasteiger partial charge is 0.148 e. The van der Waals surface area contributed by atoms with Gasteiger partial charge in [0, 0.05) is 18.3 Å². The third-order valence-electron chi connectivity index (χ3n) is 4.35. The normalized spacial score (nSPS) is 24.4. The Balaban J connectivity index is 1.87. The topological polar surface area (TPSA) is 46.2 Å². The van der Waals surface area contributed by atoms with Crippen LogP contribution in [0.2, 0.25) is 0 Å². The van der Waals surface area contributed by atoms with Crippen LogP contribution in [0.4, 0.5) is 0 Å². The number of rotatable bonds is 6. The maximum Gasteiger partial charge on any atom is 0.148 e. The van der Waals surface area contributed by atoms with Crippen LogP contribution >= 0.6 is 0 Å². The highest BCUT2D eigenvalue weighted by atomic mass is 32.2. The van der Waals surface area contributed by atoms with Gasteiger partial charge in [-0.25, -0.2) is 8.42 Å². The summed E-state index contributed by atoms with van der Waals surface area (Å²) in [6, 6.07) is 0.672. The Morgan fingerprint density at radius 3 is 1.88 bits per heavy atom. The third-order valence-corrected chi connectivity index (χ3v) is 5.45. The molecule has 2 aliphatic rings. The Morgan fingerprint density at radius 1 is 1.12 bits per heavy atom. The number of sulfone groups is 1. The van der Waals surface area contributed by atoms with Crippen LogP contribution in [0.25, 0.3) is 0 Å². The van der Waals surface area contributed by atoms with Crippen molar-refractivity contribution in [2.75, 3.05) is 12.0 Å². The van der Waals surface area contributed by atoms with E-state index >= 15 is 0 Å². The minimum Gasteiger partial charge on any atom is -0.310 e. The van der Waals surface area contributed by atoms with Gasteiger partial charge in [0.1, 0.15) is 9.84 Å². The first-order valence-corrected chi connectivity index (χ1v) is 8.95. The summed E-state index contributed by atoms with van der Waals surface area (Å²) in [5, 5.41) is 3.60. The molecular formula is C13H25NO2S. The summed E-state index contributed by atoms with van der Waals surface area (Å²) in [4.78, 5) is 0. The van der Waals surface area contributed by atoms with Crippen LogP contribution in [-0.2, 0) is 9.84 Å². The van der Waals surface area contributed by atoms with Gasteiger partial charge in [-0.3, -0.25) is 0 Å². The zero-order valence-corrected chi connectivity index (χ0v) is 11.8. The van der Waals surface area contributed by atoms with Crippen molar-refractivity contribution in [3.8, 4) is 0 Å². The molecule has 4 heteroatoms. The van der Waals surface area contributed by atoms with Gasteiger partial charge in [0.05, 0.1) is 5.75 Å². The molecule has 1 unspecified atom stereocenters. The van der Waals surface area contributed by atoms with Crippen LogP contribution in [0.1, 0.15) is 45.4 Å². The van der Waals surface area contributed by atoms with Gasteiger partial charge in [-0.1, -0.05) is 12.8 Å². The maximum absolute atomic E-state index is 11.3. The molecule has 0 aromatic rings. The molecule has 0 heterocycles. The number of nitrogens with one attached hydrogen (secondary N) is 1. The molecule has 2 aliphatic carbocycles. The maximum atomic E-state index is 11.3. The summed E-state index contributed by atoms with van der Waals surface area (Å²) >= 11 is 0. The van der Waals surface area contributed by atoms with Crippen molar-refractivity contribution in [3.05, 3.63) is 0 Å². The molecule has 0 aromatic carbocycles. The number of hydrogen-bond acceptors (Lipinski definition) is 3. The standard InChI is InChI=1S/C13H25NO2S/c1-10(9-17(2,15)16)14-13(11-5-3-6-11)12-7-4-8-12/h10-14H,3-9H2,1-2H3. The molecule has 0 aromatic heterocycles. The zero-order chi connectivity index (χ0) is 12.5. The van der Waals surface area contributed by atoms with Crippen molar-refractivity contribution in [3.63, 3.8) is 0 Å². The summed E-state index contributed by atoms with van der Waals surface area (Å²) in [6.45, 7) is 2.01. The van der Waals surface area contributed by atoms with E-state index in [1.165, 1.54) is 44.8 Å². The van der Waals surface area contributed by atoms with Gasteiger partial charge in [0.25, 0.3) is 0 Å². The van der Waals surface area contributed by atoms with Crippen LogP contribution in [0.5, 0.6) is 0 Å². The van der Waals surface area contributed by atoms with E-state index in [2.05, 4.69) is 5.32 Å². The first-order chi connectivity index (χ1) is 7.96. The molecule has 1 N–H and O–H groups in total. The SMILES string of the molecule is CC(CS(C)(=O)=O)NC(C1CCC1)C1CCC1.